The Bertz CT molecular complexity index is 797. The minimum atomic E-state index is 0.334. The molecule has 1 aromatic carbocycles. The van der Waals surface area contributed by atoms with Gasteiger partial charge in [0.2, 0.25) is 0 Å². The van der Waals surface area contributed by atoms with Crippen molar-refractivity contribution in [2.45, 2.75) is 5.88 Å². The molecular formula is C15H14BrClN4. The molecule has 0 spiro atoms. The number of pyridine rings is 1. The monoisotopic (exact) mass is 364 g/mol. The molecule has 3 rings (SSSR count). The molecule has 0 amide bonds. The van der Waals surface area contributed by atoms with Crippen molar-refractivity contribution in [3.05, 3.63) is 46.8 Å². The standard InChI is InChI=1S/C15H14BrClN4/c1-20(2)11-4-3-5-12(7-11)21-14(8-17)19-13-6-10(16)9-18-15(13)21/h3-7,9H,8H2,1-2H3. The van der Waals surface area contributed by atoms with Crippen LogP contribution in [0.5, 0.6) is 0 Å². The molecule has 0 radical (unpaired) electrons. The van der Waals surface area contributed by atoms with Gasteiger partial charge in [0.05, 0.1) is 11.6 Å². The summed E-state index contributed by atoms with van der Waals surface area (Å²) in [7, 11) is 4.03. The van der Waals surface area contributed by atoms with Gasteiger partial charge in [-0.15, -0.1) is 11.6 Å². The zero-order valence-corrected chi connectivity index (χ0v) is 14.1. The van der Waals surface area contributed by atoms with Crippen LogP contribution in [0.1, 0.15) is 5.82 Å². The third kappa shape index (κ3) is 2.63. The van der Waals surface area contributed by atoms with Crippen molar-refractivity contribution in [1.29, 1.82) is 0 Å². The topological polar surface area (TPSA) is 34.0 Å². The molecule has 0 fully saturated rings. The number of nitrogens with zero attached hydrogens (tertiary/aromatic N) is 4. The van der Waals surface area contributed by atoms with E-state index in [1.165, 1.54) is 0 Å². The Morgan fingerprint density at radius 2 is 2.10 bits per heavy atom. The van der Waals surface area contributed by atoms with Crippen LogP contribution >= 0.6 is 27.5 Å². The van der Waals surface area contributed by atoms with E-state index in [2.05, 4.69) is 42.9 Å². The first-order chi connectivity index (χ1) is 10.1. The normalized spacial score (nSPS) is 11.0. The van der Waals surface area contributed by atoms with Crippen molar-refractivity contribution < 1.29 is 0 Å². The lowest BCUT2D eigenvalue weighted by atomic mass is 10.2. The van der Waals surface area contributed by atoms with E-state index in [0.717, 1.165) is 32.8 Å². The molecule has 2 heterocycles. The molecule has 0 aliphatic heterocycles. The van der Waals surface area contributed by atoms with Crippen LogP contribution < -0.4 is 4.90 Å². The summed E-state index contributed by atoms with van der Waals surface area (Å²) in [5, 5.41) is 0. The molecule has 0 saturated carbocycles. The van der Waals surface area contributed by atoms with Crippen LogP contribution in [0.3, 0.4) is 0 Å². The van der Waals surface area contributed by atoms with Gasteiger partial charge in [0, 0.05) is 30.5 Å². The number of halogens is 2. The lowest BCUT2D eigenvalue weighted by Crippen LogP contribution is -2.09. The summed E-state index contributed by atoms with van der Waals surface area (Å²) in [6.07, 6.45) is 1.77. The summed E-state index contributed by atoms with van der Waals surface area (Å²) in [5.41, 5.74) is 3.76. The first-order valence-electron chi connectivity index (χ1n) is 6.47. The van der Waals surface area contributed by atoms with E-state index in [4.69, 9.17) is 11.6 Å². The van der Waals surface area contributed by atoms with Gasteiger partial charge in [0.25, 0.3) is 0 Å². The van der Waals surface area contributed by atoms with Crippen LogP contribution in [-0.4, -0.2) is 28.6 Å². The van der Waals surface area contributed by atoms with E-state index >= 15 is 0 Å². The maximum atomic E-state index is 6.06. The summed E-state index contributed by atoms with van der Waals surface area (Å²) in [6, 6.07) is 10.2. The number of hydrogen-bond acceptors (Lipinski definition) is 3. The number of benzene rings is 1. The Balaban J connectivity index is 2.25. The van der Waals surface area contributed by atoms with Crippen LogP contribution in [0, 0.1) is 0 Å². The molecule has 0 N–H and O–H groups in total. The zero-order valence-electron chi connectivity index (χ0n) is 11.7. The number of fused-ring (bicyclic) bond motifs is 1. The maximum absolute atomic E-state index is 6.06. The summed E-state index contributed by atoms with van der Waals surface area (Å²) in [4.78, 5) is 11.1. The van der Waals surface area contributed by atoms with Gasteiger partial charge in [0.1, 0.15) is 11.3 Å². The fourth-order valence-corrected chi connectivity index (χ4v) is 2.76. The first kappa shape index (κ1) is 14.4. The second kappa shape index (κ2) is 5.66. The Kier molecular flexibility index (Phi) is 3.87. The third-order valence-electron chi connectivity index (χ3n) is 3.26. The number of rotatable bonds is 3. The lowest BCUT2D eigenvalue weighted by Gasteiger charge is -2.15. The van der Waals surface area contributed by atoms with Crippen LogP contribution in [0.15, 0.2) is 41.0 Å². The van der Waals surface area contributed by atoms with E-state index < -0.39 is 0 Å². The van der Waals surface area contributed by atoms with Gasteiger partial charge in [0.15, 0.2) is 5.65 Å². The molecule has 0 unspecified atom stereocenters. The lowest BCUT2D eigenvalue weighted by molar-refractivity contribution is 0.967. The average molecular weight is 366 g/mol. The quantitative estimate of drug-likeness (QED) is 0.658. The van der Waals surface area contributed by atoms with E-state index in [0.29, 0.717) is 5.88 Å². The third-order valence-corrected chi connectivity index (χ3v) is 3.93. The second-order valence-corrected chi connectivity index (χ2v) is 6.09. The van der Waals surface area contributed by atoms with Crippen LogP contribution in [0.4, 0.5) is 5.69 Å². The van der Waals surface area contributed by atoms with Crippen LogP contribution in [-0.2, 0) is 5.88 Å². The number of anilines is 1. The minimum Gasteiger partial charge on any atom is -0.378 e. The molecule has 21 heavy (non-hydrogen) atoms. The summed E-state index contributed by atoms with van der Waals surface area (Å²) >= 11 is 9.49. The molecule has 6 heteroatoms. The molecule has 4 nitrogen and oxygen atoms in total. The van der Waals surface area contributed by atoms with Gasteiger partial charge in [-0.1, -0.05) is 6.07 Å². The van der Waals surface area contributed by atoms with E-state index in [1.54, 1.807) is 6.20 Å². The van der Waals surface area contributed by atoms with Crippen LogP contribution in [0.25, 0.3) is 16.9 Å². The van der Waals surface area contributed by atoms with Crippen LogP contribution in [0.2, 0.25) is 0 Å². The summed E-state index contributed by atoms with van der Waals surface area (Å²) in [5.74, 6) is 1.12. The molecule has 0 bridgehead atoms. The van der Waals surface area contributed by atoms with Gasteiger partial charge >= 0.3 is 0 Å². The number of hydrogen-bond donors (Lipinski definition) is 0. The minimum absolute atomic E-state index is 0.334. The smallest absolute Gasteiger partial charge is 0.164 e. The number of imidazole rings is 1. The van der Waals surface area contributed by atoms with Gasteiger partial charge in [-0.3, -0.25) is 4.57 Å². The van der Waals surface area contributed by atoms with Crippen molar-refractivity contribution in [2.75, 3.05) is 19.0 Å². The molecular weight excluding hydrogens is 352 g/mol. The van der Waals surface area contributed by atoms with Crippen molar-refractivity contribution in [3.63, 3.8) is 0 Å². The summed E-state index contributed by atoms with van der Waals surface area (Å²) in [6.45, 7) is 0. The molecule has 0 saturated heterocycles. The first-order valence-corrected chi connectivity index (χ1v) is 7.79. The SMILES string of the molecule is CN(C)c1cccc(-n2c(CCl)nc3cc(Br)cnc32)c1. The Morgan fingerprint density at radius 1 is 1.29 bits per heavy atom. The zero-order chi connectivity index (χ0) is 15.0. The predicted octanol–water partition coefficient (Wildman–Crippen LogP) is 3.99. The largest absolute Gasteiger partial charge is 0.378 e. The van der Waals surface area contributed by atoms with Gasteiger partial charge < -0.3 is 4.90 Å². The van der Waals surface area contributed by atoms with Crippen molar-refractivity contribution in [2.24, 2.45) is 0 Å². The van der Waals surface area contributed by atoms with Crippen molar-refractivity contribution in [3.8, 4) is 5.69 Å². The van der Waals surface area contributed by atoms with Gasteiger partial charge in [-0.2, -0.15) is 0 Å². The maximum Gasteiger partial charge on any atom is 0.164 e. The highest BCUT2D eigenvalue weighted by atomic mass is 79.9. The molecule has 0 aliphatic rings. The van der Waals surface area contributed by atoms with Crippen molar-refractivity contribution >= 4 is 44.4 Å². The van der Waals surface area contributed by atoms with Gasteiger partial charge in [-0.05, 0) is 40.2 Å². The van der Waals surface area contributed by atoms with Crippen molar-refractivity contribution in [1.82, 2.24) is 14.5 Å². The highest BCUT2D eigenvalue weighted by molar-refractivity contribution is 9.10. The van der Waals surface area contributed by atoms with E-state index in [9.17, 15) is 0 Å². The molecule has 3 aromatic rings. The Morgan fingerprint density at radius 3 is 2.81 bits per heavy atom. The molecule has 108 valence electrons. The predicted molar refractivity (Wildman–Crippen MR) is 90.4 cm³/mol. The van der Waals surface area contributed by atoms with E-state index in [1.807, 2.05) is 36.9 Å². The molecule has 0 aliphatic carbocycles. The van der Waals surface area contributed by atoms with E-state index in [-0.39, 0.29) is 0 Å². The fourth-order valence-electron chi connectivity index (χ4n) is 2.26. The molecule has 2 aromatic heterocycles. The number of alkyl halides is 1. The second-order valence-electron chi connectivity index (χ2n) is 4.91. The Hall–Kier alpha value is -1.59. The Labute approximate surface area is 136 Å². The highest BCUT2D eigenvalue weighted by Gasteiger charge is 2.13. The van der Waals surface area contributed by atoms with Gasteiger partial charge in [-0.25, -0.2) is 9.97 Å². The molecule has 0 atom stereocenters. The number of aromatic nitrogens is 3. The summed E-state index contributed by atoms with van der Waals surface area (Å²) < 4.78 is 2.91. The highest BCUT2D eigenvalue weighted by Crippen LogP contribution is 2.25. The fraction of sp³-hybridized carbons (Fsp3) is 0.200. The average Bonchev–Trinajstić information content (AvgIpc) is 2.84.